The van der Waals surface area contributed by atoms with Gasteiger partial charge in [0.05, 0.1) is 18.5 Å². The van der Waals surface area contributed by atoms with Gasteiger partial charge in [-0.25, -0.2) is 0 Å². The Bertz CT molecular complexity index is 335. The Labute approximate surface area is 94.8 Å². The van der Waals surface area contributed by atoms with Crippen LogP contribution in [-0.2, 0) is 4.74 Å². The predicted molar refractivity (Wildman–Crippen MR) is 52.4 cm³/mol. The van der Waals surface area contributed by atoms with E-state index in [-0.39, 0.29) is 18.3 Å². The molecular weight excluding hydrogens is 247 g/mol. The summed E-state index contributed by atoms with van der Waals surface area (Å²) in [5.74, 6) is 0. The lowest BCUT2D eigenvalue weighted by Crippen LogP contribution is -2.20. The van der Waals surface area contributed by atoms with Crippen LogP contribution in [0.15, 0.2) is 12.3 Å². The molecule has 0 radical (unpaired) electrons. The fourth-order valence-corrected chi connectivity index (χ4v) is 1.05. The van der Waals surface area contributed by atoms with Crippen LogP contribution in [0.2, 0.25) is 5.15 Å². The molecule has 0 amide bonds. The van der Waals surface area contributed by atoms with Crippen molar-refractivity contribution < 1.29 is 17.9 Å². The van der Waals surface area contributed by atoms with E-state index in [0.29, 0.717) is 5.69 Å². The highest BCUT2D eigenvalue weighted by atomic mass is 35.5. The summed E-state index contributed by atoms with van der Waals surface area (Å²) in [5.41, 5.74) is 0.579. The highest BCUT2D eigenvalue weighted by Gasteiger charge is 2.27. The molecule has 1 N–H and O–H groups in total. The summed E-state index contributed by atoms with van der Waals surface area (Å²) in [6.45, 7) is -1.07. The van der Waals surface area contributed by atoms with E-state index in [0.717, 1.165) is 0 Å². The van der Waals surface area contributed by atoms with Crippen LogP contribution in [-0.4, -0.2) is 36.1 Å². The summed E-state index contributed by atoms with van der Waals surface area (Å²) >= 11 is 5.55. The zero-order chi connectivity index (χ0) is 12.0. The standard InChI is InChI=1S/C8H9ClF3N3O/c9-7-3-6(4-14-15-7)13-1-2-16-5-8(10,11)12/h3-4H,1-2,5H2,(H,13,15). The maximum Gasteiger partial charge on any atom is 0.411 e. The maximum atomic E-state index is 11.7. The first kappa shape index (κ1) is 13.0. The summed E-state index contributed by atoms with van der Waals surface area (Å²) in [6, 6.07) is 1.51. The van der Waals surface area contributed by atoms with Crippen molar-refractivity contribution in [2.24, 2.45) is 0 Å². The minimum Gasteiger partial charge on any atom is -0.381 e. The van der Waals surface area contributed by atoms with Gasteiger partial charge in [0.2, 0.25) is 0 Å². The van der Waals surface area contributed by atoms with E-state index in [1.165, 1.54) is 12.3 Å². The lowest BCUT2D eigenvalue weighted by molar-refractivity contribution is -0.172. The van der Waals surface area contributed by atoms with Gasteiger partial charge in [-0.05, 0) is 0 Å². The highest BCUT2D eigenvalue weighted by molar-refractivity contribution is 6.29. The van der Waals surface area contributed by atoms with E-state index in [4.69, 9.17) is 11.6 Å². The first-order valence-corrected chi connectivity index (χ1v) is 4.72. The van der Waals surface area contributed by atoms with Crippen LogP contribution in [0, 0.1) is 0 Å². The molecule has 0 aliphatic rings. The fourth-order valence-electron chi connectivity index (χ4n) is 0.893. The topological polar surface area (TPSA) is 47.0 Å². The number of alkyl halides is 3. The van der Waals surface area contributed by atoms with E-state index in [2.05, 4.69) is 20.3 Å². The molecule has 0 aromatic carbocycles. The van der Waals surface area contributed by atoms with Crippen LogP contribution in [0.4, 0.5) is 18.9 Å². The summed E-state index contributed by atoms with van der Waals surface area (Å²) in [5, 5.41) is 10.1. The molecule has 0 atom stereocenters. The number of hydrogen-bond acceptors (Lipinski definition) is 4. The van der Waals surface area contributed by atoms with Gasteiger partial charge in [-0.15, -0.1) is 5.10 Å². The van der Waals surface area contributed by atoms with E-state index in [1.807, 2.05) is 0 Å². The second-order valence-electron chi connectivity index (χ2n) is 2.86. The molecule has 1 aromatic rings. The molecule has 90 valence electrons. The minimum absolute atomic E-state index is 0.0561. The molecular formula is C8H9ClF3N3O. The Kier molecular flexibility index (Phi) is 4.75. The Morgan fingerprint density at radius 1 is 1.44 bits per heavy atom. The molecule has 0 spiro atoms. The molecule has 1 rings (SSSR count). The molecule has 0 bridgehead atoms. The third-order valence-electron chi connectivity index (χ3n) is 1.47. The molecule has 0 saturated carbocycles. The van der Waals surface area contributed by atoms with Crippen molar-refractivity contribution in [2.75, 3.05) is 25.1 Å². The Hall–Kier alpha value is -1.08. The largest absolute Gasteiger partial charge is 0.411 e. The van der Waals surface area contributed by atoms with Gasteiger partial charge in [-0.2, -0.15) is 18.3 Å². The summed E-state index contributed by atoms with van der Waals surface area (Å²) in [6.07, 6.45) is -2.88. The monoisotopic (exact) mass is 255 g/mol. The molecule has 16 heavy (non-hydrogen) atoms. The lowest BCUT2D eigenvalue weighted by Gasteiger charge is -2.08. The molecule has 8 heteroatoms. The zero-order valence-electron chi connectivity index (χ0n) is 8.09. The van der Waals surface area contributed by atoms with E-state index >= 15 is 0 Å². The summed E-state index contributed by atoms with van der Waals surface area (Å²) < 4.78 is 39.4. The number of rotatable bonds is 5. The Balaban J connectivity index is 2.17. The second kappa shape index (κ2) is 5.86. The van der Waals surface area contributed by atoms with E-state index in [1.54, 1.807) is 0 Å². The van der Waals surface area contributed by atoms with Gasteiger partial charge < -0.3 is 10.1 Å². The number of nitrogens with one attached hydrogen (secondary N) is 1. The normalized spacial score (nSPS) is 11.5. The first-order chi connectivity index (χ1) is 7.47. The molecule has 4 nitrogen and oxygen atoms in total. The van der Waals surface area contributed by atoms with Crippen LogP contribution in [0.3, 0.4) is 0 Å². The van der Waals surface area contributed by atoms with Crippen molar-refractivity contribution in [3.63, 3.8) is 0 Å². The van der Waals surface area contributed by atoms with Crippen molar-refractivity contribution in [1.29, 1.82) is 0 Å². The molecule has 0 unspecified atom stereocenters. The summed E-state index contributed by atoms with van der Waals surface area (Å²) in [4.78, 5) is 0. The smallest absolute Gasteiger partial charge is 0.381 e. The molecule has 0 aliphatic heterocycles. The lowest BCUT2D eigenvalue weighted by atomic mass is 10.4. The zero-order valence-corrected chi connectivity index (χ0v) is 8.85. The third-order valence-corrected chi connectivity index (χ3v) is 1.65. The number of ether oxygens (including phenoxy) is 1. The number of nitrogens with zero attached hydrogens (tertiary/aromatic N) is 2. The van der Waals surface area contributed by atoms with Gasteiger partial charge in [-0.1, -0.05) is 11.6 Å². The quantitative estimate of drug-likeness (QED) is 0.819. The Morgan fingerprint density at radius 3 is 2.81 bits per heavy atom. The van der Waals surface area contributed by atoms with Gasteiger partial charge in [0.1, 0.15) is 6.61 Å². The van der Waals surface area contributed by atoms with Gasteiger partial charge >= 0.3 is 6.18 Å². The molecule has 1 heterocycles. The number of hydrogen-bond donors (Lipinski definition) is 1. The maximum absolute atomic E-state index is 11.7. The summed E-state index contributed by atoms with van der Waals surface area (Å²) in [7, 11) is 0. The third kappa shape index (κ3) is 5.72. The van der Waals surface area contributed by atoms with Gasteiger partial charge in [-0.3, -0.25) is 0 Å². The number of aromatic nitrogens is 2. The first-order valence-electron chi connectivity index (χ1n) is 4.34. The van der Waals surface area contributed by atoms with Gasteiger partial charge in [0.15, 0.2) is 5.15 Å². The molecule has 1 aromatic heterocycles. The van der Waals surface area contributed by atoms with Crippen LogP contribution < -0.4 is 5.32 Å². The SMILES string of the molecule is FC(F)(F)COCCNc1cnnc(Cl)c1. The Morgan fingerprint density at radius 2 is 2.19 bits per heavy atom. The van der Waals surface area contributed by atoms with Crippen LogP contribution >= 0.6 is 11.6 Å². The second-order valence-corrected chi connectivity index (χ2v) is 3.25. The fraction of sp³-hybridized carbons (Fsp3) is 0.500. The molecule has 0 saturated heterocycles. The van der Waals surface area contributed by atoms with Crippen LogP contribution in [0.25, 0.3) is 0 Å². The predicted octanol–water partition coefficient (Wildman–Crippen LogP) is 2.12. The van der Waals surface area contributed by atoms with Crippen molar-refractivity contribution in [3.05, 3.63) is 17.4 Å². The van der Waals surface area contributed by atoms with E-state index in [9.17, 15) is 13.2 Å². The van der Waals surface area contributed by atoms with E-state index < -0.39 is 12.8 Å². The van der Waals surface area contributed by atoms with Crippen LogP contribution in [0.5, 0.6) is 0 Å². The van der Waals surface area contributed by atoms with Crippen LogP contribution in [0.1, 0.15) is 0 Å². The van der Waals surface area contributed by atoms with Gasteiger partial charge in [0.25, 0.3) is 0 Å². The van der Waals surface area contributed by atoms with Crippen molar-refractivity contribution >= 4 is 17.3 Å². The van der Waals surface area contributed by atoms with Gasteiger partial charge in [0, 0.05) is 12.6 Å². The van der Waals surface area contributed by atoms with Crippen molar-refractivity contribution in [1.82, 2.24) is 10.2 Å². The average Bonchev–Trinajstić information content (AvgIpc) is 2.15. The van der Waals surface area contributed by atoms with Crippen molar-refractivity contribution in [2.45, 2.75) is 6.18 Å². The number of anilines is 1. The average molecular weight is 256 g/mol. The highest BCUT2D eigenvalue weighted by Crippen LogP contribution is 2.14. The number of halogens is 4. The molecule has 0 fully saturated rings. The minimum atomic E-state index is -4.29. The molecule has 0 aliphatic carbocycles. The van der Waals surface area contributed by atoms with Crippen molar-refractivity contribution in [3.8, 4) is 0 Å².